The molecule has 0 saturated heterocycles. The standard InChI is InChI=1S/C2H6O2.CH3NO2/c3-1-2-4;1-2(3)4/h3-4H,1-2H2;1H3. The van der Waals surface area contributed by atoms with Gasteiger partial charge in [0.2, 0.25) is 0 Å². The molecule has 0 atom stereocenters. The minimum Gasteiger partial charge on any atom is -0.394 e. The summed E-state index contributed by atoms with van der Waals surface area (Å²) in [6, 6.07) is 0. The third-order valence-electron chi connectivity index (χ3n) is 0.1000. The van der Waals surface area contributed by atoms with E-state index in [0.717, 1.165) is 7.05 Å². The number of nitro groups is 1. The normalized spacial score (nSPS) is 6.88. The first-order valence-corrected chi connectivity index (χ1v) is 1.94. The topological polar surface area (TPSA) is 83.6 Å². The highest BCUT2D eigenvalue weighted by Crippen LogP contribution is 1.40. The summed E-state index contributed by atoms with van der Waals surface area (Å²) in [4.78, 5) is 8.31. The predicted molar refractivity (Wildman–Crippen MR) is 27.1 cm³/mol. The van der Waals surface area contributed by atoms with Gasteiger partial charge in [-0.25, -0.2) is 0 Å². The van der Waals surface area contributed by atoms with Crippen molar-refractivity contribution in [2.75, 3.05) is 20.3 Å². The van der Waals surface area contributed by atoms with Crippen molar-refractivity contribution < 1.29 is 15.1 Å². The van der Waals surface area contributed by atoms with E-state index in [0.29, 0.717) is 0 Å². The second-order valence-electron chi connectivity index (χ2n) is 0.887. The average molecular weight is 123 g/mol. The van der Waals surface area contributed by atoms with Crippen molar-refractivity contribution in [1.29, 1.82) is 0 Å². The Labute approximate surface area is 46.7 Å². The molecule has 0 rings (SSSR count). The first-order valence-electron chi connectivity index (χ1n) is 1.94. The molecule has 0 aliphatic carbocycles. The van der Waals surface area contributed by atoms with E-state index in [1.807, 2.05) is 0 Å². The van der Waals surface area contributed by atoms with Crippen molar-refractivity contribution in [3.63, 3.8) is 0 Å². The van der Waals surface area contributed by atoms with Crippen molar-refractivity contribution in [2.45, 2.75) is 0 Å². The van der Waals surface area contributed by atoms with Gasteiger partial charge in [0.05, 0.1) is 13.2 Å². The van der Waals surface area contributed by atoms with Crippen LogP contribution in [-0.2, 0) is 0 Å². The lowest BCUT2D eigenvalue weighted by atomic mass is 10.8. The molecule has 0 fully saturated rings. The highest BCUT2D eigenvalue weighted by atomic mass is 16.6. The second-order valence-corrected chi connectivity index (χ2v) is 0.887. The molecule has 0 amide bonds. The number of aliphatic hydroxyl groups is 2. The van der Waals surface area contributed by atoms with Crippen LogP contribution in [0.3, 0.4) is 0 Å². The van der Waals surface area contributed by atoms with E-state index in [-0.39, 0.29) is 13.2 Å². The van der Waals surface area contributed by atoms with Gasteiger partial charge in [-0.15, -0.1) is 0 Å². The molecular weight excluding hydrogens is 114 g/mol. The molecule has 0 radical (unpaired) electrons. The van der Waals surface area contributed by atoms with Crippen molar-refractivity contribution in [1.82, 2.24) is 0 Å². The van der Waals surface area contributed by atoms with Gasteiger partial charge < -0.3 is 10.2 Å². The van der Waals surface area contributed by atoms with Crippen LogP contribution in [0.1, 0.15) is 0 Å². The van der Waals surface area contributed by atoms with E-state index in [4.69, 9.17) is 20.3 Å². The van der Waals surface area contributed by atoms with Crippen LogP contribution < -0.4 is 0 Å². The Bertz CT molecular complexity index is 49.2. The monoisotopic (exact) mass is 123 g/mol. The van der Waals surface area contributed by atoms with Gasteiger partial charge in [0.1, 0.15) is 0 Å². The maximum Gasteiger partial charge on any atom is 0.194 e. The third kappa shape index (κ3) is 970. The van der Waals surface area contributed by atoms with Crippen LogP contribution >= 0.6 is 0 Å². The van der Waals surface area contributed by atoms with Crippen LogP contribution in [0.4, 0.5) is 0 Å². The molecule has 50 valence electrons. The van der Waals surface area contributed by atoms with E-state index in [1.165, 1.54) is 0 Å². The van der Waals surface area contributed by atoms with Crippen LogP contribution in [0, 0.1) is 10.1 Å². The van der Waals surface area contributed by atoms with Gasteiger partial charge in [-0.05, 0) is 0 Å². The van der Waals surface area contributed by atoms with Crippen molar-refractivity contribution >= 4 is 0 Å². The first-order chi connectivity index (χ1) is 3.65. The summed E-state index contributed by atoms with van der Waals surface area (Å²) >= 11 is 0. The molecule has 0 bridgehead atoms. The molecular formula is C3H9NO4. The average Bonchev–Trinajstić information content (AvgIpc) is 1.65. The fourth-order valence-corrected chi connectivity index (χ4v) is 0. The Morgan fingerprint density at radius 2 is 1.62 bits per heavy atom. The quantitative estimate of drug-likeness (QED) is 0.341. The van der Waals surface area contributed by atoms with E-state index in [2.05, 4.69) is 0 Å². The highest BCUT2D eigenvalue weighted by Gasteiger charge is 1.58. The molecule has 0 aromatic heterocycles. The molecule has 8 heavy (non-hydrogen) atoms. The van der Waals surface area contributed by atoms with Crippen molar-refractivity contribution in [2.24, 2.45) is 0 Å². The molecule has 5 heteroatoms. The Morgan fingerprint density at radius 3 is 1.62 bits per heavy atom. The number of aliphatic hydroxyl groups excluding tert-OH is 2. The first kappa shape index (κ1) is 10.3. The maximum absolute atomic E-state index is 8.81. The summed E-state index contributed by atoms with van der Waals surface area (Å²) in [5.74, 6) is 0. The van der Waals surface area contributed by atoms with Crippen LogP contribution in [0.15, 0.2) is 0 Å². The van der Waals surface area contributed by atoms with Crippen LogP contribution in [0.25, 0.3) is 0 Å². The molecule has 0 heterocycles. The number of hydrogen-bond donors (Lipinski definition) is 2. The van der Waals surface area contributed by atoms with E-state index >= 15 is 0 Å². The van der Waals surface area contributed by atoms with Crippen molar-refractivity contribution in [3.05, 3.63) is 10.1 Å². The summed E-state index contributed by atoms with van der Waals surface area (Å²) in [5, 5.41) is 24.1. The largest absolute Gasteiger partial charge is 0.394 e. The third-order valence-corrected chi connectivity index (χ3v) is 0.1000. The van der Waals surface area contributed by atoms with Gasteiger partial charge in [-0.1, -0.05) is 0 Å². The second kappa shape index (κ2) is 9.58. The van der Waals surface area contributed by atoms with Gasteiger partial charge >= 0.3 is 0 Å². The molecule has 2 N–H and O–H groups in total. The molecule has 0 aromatic rings. The fourth-order valence-electron chi connectivity index (χ4n) is 0. The molecule has 0 aliphatic heterocycles. The van der Waals surface area contributed by atoms with Gasteiger partial charge in [0, 0.05) is 4.92 Å². The van der Waals surface area contributed by atoms with Gasteiger partial charge in [-0.2, -0.15) is 0 Å². The predicted octanol–water partition coefficient (Wildman–Crippen LogP) is -1.14. The lowest BCUT2D eigenvalue weighted by molar-refractivity contribution is -0.445. The number of nitrogens with zero attached hydrogens (tertiary/aromatic N) is 1. The summed E-state index contributed by atoms with van der Waals surface area (Å²) < 4.78 is 0. The summed E-state index contributed by atoms with van der Waals surface area (Å²) in [7, 11) is 0.889. The minimum atomic E-state index is -0.500. The Balaban J connectivity index is 0. The Kier molecular flexibility index (Phi) is 12.4. The fraction of sp³-hybridized carbons (Fsp3) is 1.00. The van der Waals surface area contributed by atoms with Crippen LogP contribution in [-0.4, -0.2) is 35.4 Å². The number of rotatable bonds is 1. The highest BCUT2D eigenvalue weighted by molar-refractivity contribution is 4.06. The van der Waals surface area contributed by atoms with Gasteiger partial charge in [-0.3, -0.25) is 10.1 Å². The van der Waals surface area contributed by atoms with Crippen molar-refractivity contribution in [3.8, 4) is 0 Å². The lowest BCUT2D eigenvalue weighted by Gasteiger charge is -1.70. The zero-order valence-electron chi connectivity index (χ0n) is 4.57. The molecule has 0 spiro atoms. The molecule has 0 unspecified atom stereocenters. The summed E-state index contributed by atoms with van der Waals surface area (Å²) in [6.45, 7) is -0.250. The zero-order chi connectivity index (χ0) is 6.99. The SMILES string of the molecule is C[N+](=O)[O-].OCCO. The van der Waals surface area contributed by atoms with Gasteiger partial charge in [0.15, 0.2) is 7.05 Å². The molecule has 0 saturated carbocycles. The molecule has 5 nitrogen and oxygen atoms in total. The molecule has 0 aromatic carbocycles. The molecule has 0 aliphatic rings. The maximum atomic E-state index is 8.81. The van der Waals surface area contributed by atoms with Gasteiger partial charge in [0.25, 0.3) is 0 Å². The summed E-state index contributed by atoms with van der Waals surface area (Å²) in [5.41, 5.74) is 0. The van der Waals surface area contributed by atoms with E-state index in [9.17, 15) is 0 Å². The van der Waals surface area contributed by atoms with Crippen LogP contribution in [0.5, 0.6) is 0 Å². The Morgan fingerprint density at radius 1 is 1.50 bits per heavy atom. The smallest absolute Gasteiger partial charge is 0.194 e. The number of hydrogen-bond acceptors (Lipinski definition) is 4. The summed E-state index contributed by atoms with van der Waals surface area (Å²) in [6.07, 6.45) is 0. The van der Waals surface area contributed by atoms with Crippen LogP contribution in [0.2, 0.25) is 0 Å². The van der Waals surface area contributed by atoms with E-state index in [1.54, 1.807) is 0 Å². The zero-order valence-corrected chi connectivity index (χ0v) is 4.57. The lowest BCUT2D eigenvalue weighted by Crippen LogP contribution is -1.85. The minimum absolute atomic E-state index is 0.125. The Hall–Kier alpha value is -0.680. The van der Waals surface area contributed by atoms with E-state index < -0.39 is 4.92 Å².